The Hall–Kier alpha value is -1.90. The van der Waals surface area contributed by atoms with Gasteiger partial charge in [0.05, 0.1) is 11.0 Å². The van der Waals surface area contributed by atoms with Crippen molar-refractivity contribution in [3.63, 3.8) is 0 Å². The lowest BCUT2D eigenvalue weighted by Gasteiger charge is -2.38. The minimum Gasteiger partial charge on any atom is -0.381 e. The largest absolute Gasteiger partial charge is 0.381 e. The molecule has 0 spiro atoms. The lowest BCUT2D eigenvalue weighted by atomic mass is 9.91. The van der Waals surface area contributed by atoms with Crippen LogP contribution in [0.1, 0.15) is 12.8 Å². The van der Waals surface area contributed by atoms with Crippen LogP contribution in [-0.4, -0.2) is 61.2 Å². The number of nitro benzene ring substituents is 1. The first-order chi connectivity index (χ1) is 12.1. The molecule has 0 aliphatic carbocycles. The molecular weight excluding hydrogens is 360 g/mol. The number of hydrogen-bond acceptors (Lipinski definition) is 6. The van der Waals surface area contributed by atoms with E-state index in [1.165, 1.54) is 6.07 Å². The first-order valence-electron chi connectivity index (χ1n) is 8.68. The van der Waals surface area contributed by atoms with Crippen molar-refractivity contribution in [2.45, 2.75) is 18.9 Å². The predicted molar refractivity (Wildman–Crippen MR) is 101 cm³/mol. The molecule has 144 valence electrons. The summed E-state index contributed by atoms with van der Waals surface area (Å²) in [6, 6.07) is 6.23. The number of halogens is 1. The van der Waals surface area contributed by atoms with Crippen LogP contribution in [-0.2, 0) is 9.53 Å². The number of rotatable bonds is 4. The average Bonchev–Trinajstić information content (AvgIpc) is 2.67. The molecule has 1 amide bonds. The quantitative estimate of drug-likeness (QED) is 0.622. The number of carbonyl (C=O) groups excluding carboxylic acids is 1. The standard InChI is InChI=1S/C17H24N4O4.ClH/c18-16(13-5-11-25-12-6-13)17(22)20-9-7-19(8-10-20)14-3-1-2-4-15(14)21(23)24;/h1-4,13,16H,5-12,18H2;1H. The second-order valence-electron chi connectivity index (χ2n) is 6.53. The maximum Gasteiger partial charge on any atom is 0.292 e. The SMILES string of the molecule is Cl.NC(C(=O)N1CCN(c2ccccc2[N+](=O)[O-])CC1)C1CCOCC1. The van der Waals surface area contributed by atoms with Crippen LogP contribution in [0.25, 0.3) is 0 Å². The molecule has 26 heavy (non-hydrogen) atoms. The zero-order chi connectivity index (χ0) is 17.8. The Morgan fingerprint density at radius 3 is 2.42 bits per heavy atom. The highest BCUT2D eigenvalue weighted by Crippen LogP contribution is 2.28. The molecule has 9 heteroatoms. The summed E-state index contributed by atoms with van der Waals surface area (Å²) >= 11 is 0. The van der Waals surface area contributed by atoms with Crippen molar-refractivity contribution in [1.29, 1.82) is 0 Å². The lowest BCUT2D eigenvalue weighted by molar-refractivity contribution is -0.384. The number of anilines is 1. The molecule has 2 heterocycles. The summed E-state index contributed by atoms with van der Waals surface area (Å²) in [5, 5.41) is 11.2. The first-order valence-corrected chi connectivity index (χ1v) is 8.68. The highest BCUT2D eigenvalue weighted by molar-refractivity contribution is 5.85. The summed E-state index contributed by atoms with van der Waals surface area (Å²) in [6.07, 6.45) is 1.65. The van der Waals surface area contributed by atoms with E-state index < -0.39 is 6.04 Å². The maximum atomic E-state index is 12.6. The van der Waals surface area contributed by atoms with E-state index in [0.29, 0.717) is 45.1 Å². The second kappa shape index (κ2) is 9.16. The monoisotopic (exact) mass is 384 g/mol. The topological polar surface area (TPSA) is 102 Å². The molecule has 8 nitrogen and oxygen atoms in total. The summed E-state index contributed by atoms with van der Waals surface area (Å²) in [5.41, 5.74) is 6.89. The van der Waals surface area contributed by atoms with Gasteiger partial charge < -0.3 is 20.3 Å². The van der Waals surface area contributed by atoms with Gasteiger partial charge in [-0.3, -0.25) is 14.9 Å². The smallest absolute Gasteiger partial charge is 0.292 e. The molecule has 2 saturated heterocycles. The summed E-state index contributed by atoms with van der Waals surface area (Å²) in [4.78, 5) is 27.2. The van der Waals surface area contributed by atoms with Gasteiger partial charge in [-0.25, -0.2) is 0 Å². The van der Waals surface area contributed by atoms with Crippen LogP contribution in [0.2, 0.25) is 0 Å². The van der Waals surface area contributed by atoms with Crippen LogP contribution in [0.4, 0.5) is 11.4 Å². The van der Waals surface area contributed by atoms with E-state index in [2.05, 4.69) is 0 Å². The second-order valence-corrected chi connectivity index (χ2v) is 6.53. The molecule has 1 unspecified atom stereocenters. The third-order valence-electron chi connectivity index (χ3n) is 5.07. The van der Waals surface area contributed by atoms with E-state index in [0.717, 1.165) is 12.8 Å². The Kier molecular flexibility index (Phi) is 7.19. The number of nitro groups is 1. The van der Waals surface area contributed by atoms with Gasteiger partial charge in [-0.1, -0.05) is 12.1 Å². The zero-order valence-electron chi connectivity index (χ0n) is 14.6. The molecule has 1 aromatic rings. The maximum absolute atomic E-state index is 12.6. The van der Waals surface area contributed by atoms with Gasteiger partial charge in [0, 0.05) is 45.5 Å². The van der Waals surface area contributed by atoms with Gasteiger partial charge in [-0.05, 0) is 24.8 Å². The Morgan fingerprint density at radius 1 is 1.19 bits per heavy atom. The third kappa shape index (κ3) is 4.44. The van der Waals surface area contributed by atoms with Gasteiger partial charge in [-0.15, -0.1) is 12.4 Å². The summed E-state index contributed by atoms with van der Waals surface area (Å²) in [7, 11) is 0. The fourth-order valence-electron chi connectivity index (χ4n) is 3.54. The van der Waals surface area contributed by atoms with E-state index in [9.17, 15) is 14.9 Å². The summed E-state index contributed by atoms with van der Waals surface area (Å²) < 4.78 is 5.33. The van der Waals surface area contributed by atoms with E-state index in [1.54, 1.807) is 23.1 Å². The Labute approximate surface area is 158 Å². The molecular formula is C17H25ClN4O4. The average molecular weight is 385 g/mol. The van der Waals surface area contributed by atoms with Crippen LogP contribution < -0.4 is 10.6 Å². The van der Waals surface area contributed by atoms with Crippen LogP contribution in [0.15, 0.2) is 24.3 Å². The normalized spacial score (nSPS) is 19.6. The summed E-state index contributed by atoms with van der Waals surface area (Å²) in [5.74, 6) is 0.156. The van der Waals surface area contributed by atoms with Gasteiger partial charge >= 0.3 is 0 Å². The number of amides is 1. The molecule has 1 atom stereocenters. The minimum atomic E-state index is -0.485. The molecule has 2 N–H and O–H groups in total. The van der Waals surface area contributed by atoms with Crippen molar-refractivity contribution in [3.05, 3.63) is 34.4 Å². The van der Waals surface area contributed by atoms with Gasteiger partial charge in [0.15, 0.2) is 0 Å². The van der Waals surface area contributed by atoms with E-state index in [-0.39, 0.29) is 34.8 Å². The number of ether oxygens (including phenoxy) is 1. The van der Waals surface area contributed by atoms with Crippen LogP contribution in [0, 0.1) is 16.0 Å². The number of benzene rings is 1. The molecule has 0 radical (unpaired) electrons. The van der Waals surface area contributed by atoms with Crippen molar-refractivity contribution < 1.29 is 14.5 Å². The van der Waals surface area contributed by atoms with Crippen molar-refractivity contribution in [2.24, 2.45) is 11.7 Å². The number of piperazine rings is 1. The predicted octanol–water partition coefficient (Wildman–Crippen LogP) is 1.42. The Morgan fingerprint density at radius 2 is 1.81 bits per heavy atom. The van der Waals surface area contributed by atoms with Crippen molar-refractivity contribution in [2.75, 3.05) is 44.3 Å². The molecule has 3 rings (SSSR count). The summed E-state index contributed by atoms with van der Waals surface area (Å²) in [6.45, 7) is 3.52. The molecule has 0 saturated carbocycles. The Balaban J connectivity index is 0.00000243. The van der Waals surface area contributed by atoms with Crippen molar-refractivity contribution in [3.8, 4) is 0 Å². The van der Waals surface area contributed by atoms with Crippen molar-refractivity contribution in [1.82, 2.24) is 4.90 Å². The third-order valence-corrected chi connectivity index (χ3v) is 5.07. The number of nitrogens with zero attached hydrogens (tertiary/aromatic N) is 3. The molecule has 0 aromatic heterocycles. The van der Waals surface area contributed by atoms with Gasteiger partial charge in [0.25, 0.3) is 5.69 Å². The Bertz CT molecular complexity index is 631. The molecule has 1 aromatic carbocycles. The zero-order valence-corrected chi connectivity index (χ0v) is 15.4. The number of hydrogen-bond donors (Lipinski definition) is 1. The van der Waals surface area contributed by atoms with E-state index >= 15 is 0 Å². The molecule has 2 aliphatic heterocycles. The molecule has 2 fully saturated rings. The number of carbonyl (C=O) groups is 1. The van der Waals surface area contributed by atoms with Crippen LogP contribution in [0.5, 0.6) is 0 Å². The van der Waals surface area contributed by atoms with Gasteiger partial charge in [0.2, 0.25) is 5.91 Å². The van der Waals surface area contributed by atoms with E-state index in [1.807, 2.05) is 4.90 Å². The van der Waals surface area contributed by atoms with Crippen LogP contribution >= 0.6 is 12.4 Å². The molecule has 0 bridgehead atoms. The first kappa shape index (κ1) is 20.4. The minimum absolute atomic E-state index is 0. The fraction of sp³-hybridized carbons (Fsp3) is 0.588. The highest BCUT2D eigenvalue weighted by Gasteiger charge is 2.32. The number of para-hydroxylation sites is 2. The van der Waals surface area contributed by atoms with Crippen molar-refractivity contribution >= 4 is 29.7 Å². The van der Waals surface area contributed by atoms with E-state index in [4.69, 9.17) is 10.5 Å². The fourth-order valence-corrected chi connectivity index (χ4v) is 3.54. The van der Waals surface area contributed by atoms with Gasteiger partial charge in [0.1, 0.15) is 5.69 Å². The van der Waals surface area contributed by atoms with Crippen LogP contribution in [0.3, 0.4) is 0 Å². The van der Waals surface area contributed by atoms with Gasteiger partial charge in [-0.2, -0.15) is 0 Å². The highest BCUT2D eigenvalue weighted by atomic mass is 35.5. The lowest BCUT2D eigenvalue weighted by Crippen LogP contribution is -2.55. The number of nitrogens with two attached hydrogens (primary N) is 1. The molecule has 2 aliphatic rings.